The monoisotopic (exact) mass is 337 g/mol. The predicted octanol–water partition coefficient (Wildman–Crippen LogP) is 2.77. The number of carbonyl (C=O) groups is 1. The van der Waals surface area contributed by atoms with E-state index in [2.05, 4.69) is 4.72 Å². The van der Waals surface area contributed by atoms with Gasteiger partial charge in [0.15, 0.2) is 17.4 Å². The number of rotatable bonds is 5. The molecule has 1 N–H and O–H groups in total. The van der Waals surface area contributed by atoms with Crippen LogP contribution < -0.4 is 4.72 Å². The van der Waals surface area contributed by atoms with Gasteiger partial charge in [-0.3, -0.25) is 4.79 Å². The fourth-order valence-electron chi connectivity index (χ4n) is 1.80. The van der Waals surface area contributed by atoms with Crippen LogP contribution in [0.5, 0.6) is 0 Å². The lowest BCUT2D eigenvalue weighted by molar-refractivity contribution is 0.104. The van der Waals surface area contributed by atoms with Crippen molar-refractivity contribution in [2.45, 2.75) is 4.90 Å². The number of halogens is 2. The first-order chi connectivity index (χ1) is 10.8. The van der Waals surface area contributed by atoms with Crippen LogP contribution in [-0.4, -0.2) is 21.2 Å². The van der Waals surface area contributed by atoms with Crippen LogP contribution in [0.3, 0.4) is 0 Å². The van der Waals surface area contributed by atoms with Gasteiger partial charge >= 0.3 is 0 Å². The summed E-state index contributed by atoms with van der Waals surface area (Å²) in [6, 6.07) is 8.66. The van der Waals surface area contributed by atoms with Crippen LogP contribution >= 0.6 is 0 Å². The average molecular weight is 337 g/mol. The van der Waals surface area contributed by atoms with Crippen molar-refractivity contribution in [3.05, 3.63) is 71.3 Å². The standard InChI is InChI=1S/C16H13F2NO3S/c1-19-23(21,22)13-6-4-12(5-7-13)16(20)9-3-11-2-8-14(17)15(18)10-11/h2-10,19H,1H3/b9-3+. The second kappa shape index (κ2) is 6.80. The highest BCUT2D eigenvalue weighted by atomic mass is 32.2. The summed E-state index contributed by atoms with van der Waals surface area (Å²) < 4.78 is 51.2. The number of allylic oxidation sites excluding steroid dienone is 1. The Bertz CT molecular complexity index is 859. The van der Waals surface area contributed by atoms with E-state index in [1.807, 2.05) is 0 Å². The summed E-state index contributed by atoms with van der Waals surface area (Å²) in [5.41, 5.74) is 0.616. The molecule has 0 bridgehead atoms. The van der Waals surface area contributed by atoms with Crippen molar-refractivity contribution < 1.29 is 22.0 Å². The van der Waals surface area contributed by atoms with Crippen LogP contribution in [0, 0.1) is 11.6 Å². The van der Waals surface area contributed by atoms with Gasteiger partial charge in [0.2, 0.25) is 10.0 Å². The van der Waals surface area contributed by atoms with Crippen LogP contribution in [0.15, 0.2) is 53.4 Å². The van der Waals surface area contributed by atoms with Crippen molar-refractivity contribution in [2.24, 2.45) is 0 Å². The molecule has 2 rings (SSSR count). The van der Waals surface area contributed by atoms with E-state index < -0.39 is 21.7 Å². The number of ketones is 1. The molecule has 2 aromatic carbocycles. The summed E-state index contributed by atoms with van der Waals surface area (Å²) in [6.07, 6.45) is 2.55. The zero-order chi connectivity index (χ0) is 17.0. The lowest BCUT2D eigenvalue weighted by atomic mass is 10.1. The third-order valence-corrected chi connectivity index (χ3v) is 4.52. The Morgan fingerprint density at radius 1 is 1.04 bits per heavy atom. The minimum atomic E-state index is -3.56. The highest BCUT2D eigenvalue weighted by molar-refractivity contribution is 7.89. The molecule has 23 heavy (non-hydrogen) atoms. The molecule has 0 amide bonds. The van der Waals surface area contributed by atoms with Crippen LogP contribution in [0.1, 0.15) is 15.9 Å². The Morgan fingerprint density at radius 2 is 1.70 bits per heavy atom. The van der Waals surface area contributed by atoms with Gasteiger partial charge in [-0.1, -0.05) is 12.1 Å². The minimum absolute atomic E-state index is 0.0427. The minimum Gasteiger partial charge on any atom is -0.289 e. The Hall–Kier alpha value is -2.38. The van der Waals surface area contributed by atoms with Gasteiger partial charge in [0.1, 0.15) is 0 Å². The summed E-state index contributed by atoms with van der Waals surface area (Å²) in [5, 5.41) is 0. The normalized spacial score (nSPS) is 11.8. The van der Waals surface area contributed by atoms with E-state index in [0.717, 1.165) is 12.1 Å². The quantitative estimate of drug-likeness (QED) is 0.674. The number of hydrogen-bond donors (Lipinski definition) is 1. The van der Waals surface area contributed by atoms with E-state index in [0.29, 0.717) is 5.56 Å². The molecule has 0 aliphatic rings. The molecule has 2 aromatic rings. The summed E-state index contributed by atoms with van der Waals surface area (Å²) in [5.74, 6) is -2.35. The average Bonchev–Trinajstić information content (AvgIpc) is 2.55. The topological polar surface area (TPSA) is 63.2 Å². The Balaban J connectivity index is 2.17. The van der Waals surface area contributed by atoms with E-state index in [9.17, 15) is 22.0 Å². The van der Waals surface area contributed by atoms with Gasteiger partial charge < -0.3 is 0 Å². The molecule has 7 heteroatoms. The van der Waals surface area contributed by atoms with E-state index >= 15 is 0 Å². The zero-order valence-corrected chi connectivity index (χ0v) is 12.9. The molecule has 0 aliphatic carbocycles. The Morgan fingerprint density at radius 3 is 2.26 bits per heavy atom. The molecular formula is C16H13F2NO3S. The van der Waals surface area contributed by atoms with Crippen molar-refractivity contribution in [1.29, 1.82) is 0 Å². The van der Waals surface area contributed by atoms with Gasteiger partial charge in [-0.2, -0.15) is 0 Å². The largest absolute Gasteiger partial charge is 0.289 e. The fraction of sp³-hybridized carbons (Fsp3) is 0.0625. The van der Waals surface area contributed by atoms with Crippen molar-refractivity contribution in [3.63, 3.8) is 0 Å². The van der Waals surface area contributed by atoms with Gasteiger partial charge in [0.25, 0.3) is 0 Å². The maximum atomic E-state index is 13.1. The van der Waals surface area contributed by atoms with Crippen LogP contribution in [0.4, 0.5) is 8.78 Å². The molecule has 0 saturated carbocycles. The van der Waals surface area contributed by atoms with Gasteiger partial charge in [0.05, 0.1) is 4.90 Å². The third kappa shape index (κ3) is 4.08. The Kier molecular flexibility index (Phi) is 5.02. The van der Waals surface area contributed by atoms with Crippen molar-refractivity contribution in [1.82, 2.24) is 4.72 Å². The molecule has 0 radical (unpaired) electrons. The van der Waals surface area contributed by atoms with E-state index in [4.69, 9.17) is 0 Å². The molecule has 0 saturated heterocycles. The van der Waals surface area contributed by atoms with Crippen molar-refractivity contribution in [3.8, 4) is 0 Å². The zero-order valence-electron chi connectivity index (χ0n) is 12.1. The summed E-state index contributed by atoms with van der Waals surface area (Å²) in [6.45, 7) is 0. The molecule has 0 unspecified atom stereocenters. The van der Waals surface area contributed by atoms with Crippen LogP contribution in [0.25, 0.3) is 6.08 Å². The van der Waals surface area contributed by atoms with Gasteiger partial charge in [-0.15, -0.1) is 0 Å². The highest BCUT2D eigenvalue weighted by Crippen LogP contribution is 2.13. The first-order valence-electron chi connectivity index (χ1n) is 6.54. The fourth-order valence-corrected chi connectivity index (χ4v) is 2.53. The molecule has 0 aliphatic heterocycles. The van der Waals surface area contributed by atoms with E-state index in [1.54, 1.807) is 0 Å². The molecule has 4 nitrogen and oxygen atoms in total. The van der Waals surface area contributed by atoms with Crippen LogP contribution in [0.2, 0.25) is 0 Å². The second-order valence-electron chi connectivity index (χ2n) is 4.60. The molecule has 0 aromatic heterocycles. The molecule has 0 spiro atoms. The lowest BCUT2D eigenvalue weighted by Crippen LogP contribution is -2.18. The molecule has 0 heterocycles. The number of nitrogens with one attached hydrogen (secondary N) is 1. The van der Waals surface area contributed by atoms with Gasteiger partial charge in [0, 0.05) is 5.56 Å². The summed E-state index contributed by atoms with van der Waals surface area (Å²) in [7, 11) is -2.27. The highest BCUT2D eigenvalue weighted by Gasteiger charge is 2.11. The van der Waals surface area contributed by atoms with Crippen LogP contribution in [-0.2, 0) is 10.0 Å². The van der Waals surface area contributed by atoms with E-state index in [-0.39, 0.29) is 16.2 Å². The van der Waals surface area contributed by atoms with Gasteiger partial charge in [-0.05, 0) is 55.1 Å². The first kappa shape index (κ1) is 17.0. The number of carbonyl (C=O) groups excluding carboxylic acids is 1. The van der Waals surface area contributed by atoms with Crippen molar-refractivity contribution >= 4 is 21.9 Å². The molecule has 0 atom stereocenters. The van der Waals surface area contributed by atoms with Gasteiger partial charge in [-0.25, -0.2) is 21.9 Å². The molecule has 120 valence electrons. The maximum absolute atomic E-state index is 13.1. The predicted molar refractivity (Wildman–Crippen MR) is 82.4 cm³/mol. The van der Waals surface area contributed by atoms with E-state index in [1.165, 1.54) is 49.5 Å². The summed E-state index contributed by atoms with van der Waals surface area (Å²) in [4.78, 5) is 12.0. The summed E-state index contributed by atoms with van der Waals surface area (Å²) >= 11 is 0. The SMILES string of the molecule is CNS(=O)(=O)c1ccc(C(=O)/C=C/c2ccc(F)c(F)c2)cc1. The molecular weight excluding hydrogens is 324 g/mol. The number of hydrogen-bond acceptors (Lipinski definition) is 3. The number of benzene rings is 2. The third-order valence-electron chi connectivity index (χ3n) is 3.09. The number of sulfonamides is 1. The first-order valence-corrected chi connectivity index (χ1v) is 8.03. The Labute approximate surface area is 132 Å². The smallest absolute Gasteiger partial charge is 0.240 e. The van der Waals surface area contributed by atoms with Crippen molar-refractivity contribution in [2.75, 3.05) is 7.05 Å². The lowest BCUT2D eigenvalue weighted by Gasteiger charge is -2.02. The molecule has 0 fully saturated rings. The second-order valence-corrected chi connectivity index (χ2v) is 6.49. The maximum Gasteiger partial charge on any atom is 0.240 e.